The Morgan fingerprint density at radius 2 is 2.30 bits per heavy atom. The average molecular weight is 339 g/mol. The van der Waals surface area contributed by atoms with Gasteiger partial charge in [-0.15, -0.1) is 11.3 Å². The summed E-state index contributed by atoms with van der Waals surface area (Å²) in [6, 6.07) is 0. The number of thiazole rings is 1. The number of carbonyl (C=O) groups is 1. The third kappa shape index (κ3) is 7.80. The van der Waals surface area contributed by atoms with Crippen molar-refractivity contribution < 1.29 is 17.8 Å². The fourth-order valence-electron chi connectivity index (χ4n) is 1.43. The molecule has 1 aromatic heterocycles. The molecule has 1 heterocycles. The summed E-state index contributed by atoms with van der Waals surface area (Å²) in [5, 5.41) is 5.03. The molecule has 114 valence electrons. The standard InChI is InChI=1S/C10H17N3O4S3/c1-2-13(6-8-19-20(15,16)17)5-3-9(14)12-10-11-4-7-18-10/h4,7H,2-3,5-6,8H2,1H3,(H,11,12,14)(H,15,16,17). The van der Waals surface area contributed by atoms with Crippen LogP contribution in [0.4, 0.5) is 5.13 Å². The Bertz CT molecular complexity index is 504. The van der Waals surface area contributed by atoms with Gasteiger partial charge in [0, 0.05) is 36.8 Å². The van der Waals surface area contributed by atoms with E-state index in [2.05, 4.69) is 10.3 Å². The highest BCUT2D eigenvalue weighted by Gasteiger charge is 2.10. The molecule has 20 heavy (non-hydrogen) atoms. The van der Waals surface area contributed by atoms with Gasteiger partial charge in [-0.05, 0) is 17.3 Å². The molecule has 0 radical (unpaired) electrons. The Morgan fingerprint density at radius 1 is 1.55 bits per heavy atom. The predicted octanol–water partition coefficient (Wildman–Crippen LogP) is 1.33. The van der Waals surface area contributed by atoms with Crippen LogP contribution in [-0.2, 0) is 13.9 Å². The third-order valence-electron chi connectivity index (χ3n) is 2.42. The van der Waals surface area contributed by atoms with E-state index in [4.69, 9.17) is 4.55 Å². The second-order valence-electron chi connectivity index (χ2n) is 3.82. The molecular weight excluding hydrogens is 322 g/mol. The van der Waals surface area contributed by atoms with Crippen molar-refractivity contribution in [3.05, 3.63) is 11.6 Å². The van der Waals surface area contributed by atoms with Gasteiger partial charge in [-0.1, -0.05) is 6.92 Å². The van der Waals surface area contributed by atoms with Gasteiger partial charge in [0.2, 0.25) is 5.91 Å². The van der Waals surface area contributed by atoms with Crippen LogP contribution in [0.15, 0.2) is 11.6 Å². The van der Waals surface area contributed by atoms with E-state index in [1.807, 2.05) is 11.8 Å². The smallest absolute Gasteiger partial charge is 0.302 e. The maximum atomic E-state index is 11.7. The largest absolute Gasteiger partial charge is 0.319 e. The SMILES string of the molecule is CCN(CCSS(=O)(=O)O)CCC(=O)Nc1nccs1. The zero-order valence-electron chi connectivity index (χ0n) is 11.0. The first-order chi connectivity index (χ1) is 9.40. The van der Waals surface area contributed by atoms with Crippen LogP contribution in [-0.4, -0.2) is 54.1 Å². The van der Waals surface area contributed by atoms with Crippen molar-refractivity contribution in [2.45, 2.75) is 13.3 Å². The molecule has 0 saturated heterocycles. The number of amides is 1. The average Bonchev–Trinajstić information content (AvgIpc) is 2.84. The van der Waals surface area contributed by atoms with Gasteiger partial charge >= 0.3 is 9.15 Å². The Hall–Kier alpha value is -0.680. The molecule has 0 spiro atoms. The van der Waals surface area contributed by atoms with Crippen LogP contribution in [0.5, 0.6) is 0 Å². The summed E-state index contributed by atoms with van der Waals surface area (Å²) in [5.74, 6) is 0.140. The summed E-state index contributed by atoms with van der Waals surface area (Å²) < 4.78 is 29.8. The zero-order chi connectivity index (χ0) is 15.0. The van der Waals surface area contributed by atoms with Gasteiger partial charge in [0.15, 0.2) is 5.13 Å². The maximum absolute atomic E-state index is 11.7. The molecule has 0 saturated carbocycles. The van der Waals surface area contributed by atoms with Crippen LogP contribution in [0.1, 0.15) is 13.3 Å². The Kier molecular flexibility index (Phi) is 7.45. The number of aromatic nitrogens is 1. The summed E-state index contributed by atoms with van der Waals surface area (Å²) in [7, 11) is -3.50. The Balaban J connectivity index is 2.25. The fourth-order valence-corrected chi connectivity index (χ4v) is 3.37. The minimum atomic E-state index is -3.99. The molecule has 0 aliphatic carbocycles. The quantitative estimate of drug-likeness (QED) is 0.517. The highest BCUT2D eigenvalue weighted by atomic mass is 33.1. The second kappa shape index (κ2) is 8.57. The Labute approximate surface area is 125 Å². The van der Waals surface area contributed by atoms with E-state index in [0.29, 0.717) is 42.0 Å². The highest BCUT2D eigenvalue weighted by molar-refractivity contribution is 8.69. The minimum absolute atomic E-state index is 0.124. The van der Waals surface area contributed by atoms with Crippen molar-refractivity contribution in [1.82, 2.24) is 9.88 Å². The number of nitrogens with zero attached hydrogens (tertiary/aromatic N) is 2. The minimum Gasteiger partial charge on any atom is -0.302 e. The molecule has 0 fully saturated rings. The molecule has 0 bridgehead atoms. The number of hydrogen-bond donors (Lipinski definition) is 2. The lowest BCUT2D eigenvalue weighted by Crippen LogP contribution is -2.30. The van der Waals surface area contributed by atoms with Crippen molar-refractivity contribution in [3.8, 4) is 0 Å². The van der Waals surface area contributed by atoms with Crippen molar-refractivity contribution >= 4 is 42.3 Å². The predicted molar refractivity (Wildman–Crippen MR) is 81.5 cm³/mol. The molecule has 0 atom stereocenters. The van der Waals surface area contributed by atoms with Crippen LogP contribution in [0.3, 0.4) is 0 Å². The van der Waals surface area contributed by atoms with E-state index in [0.717, 1.165) is 0 Å². The Morgan fingerprint density at radius 3 is 2.85 bits per heavy atom. The van der Waals surface area contributed by atoms with E-state index in [1.54, 1.807) is 11.6 Å². The van der Waals surface area contributed by atoms with Crippen LogP contribution >= 0.6 is 22.1 Å². The van der Waals surface area contributed by atoms with Crippen molar-refractivity contribution in [3.63, 3.8) is 0 Å². The van der Waals surface area contributed by atoms with Gasteiger partial charge in [0.1, 0.15) is 0 Å². The van der Waals surface area contributed by atoms with Gasteiger partial charge in [0.05, 0.1) is 0 Å². The molecule has 0 unspecified atom stereocenters. The molecule has 1 aromatic rings. The lowest BCUT2D eigenvalue weighted by molar-refractivity contribution is -0.116. The first-order valence-corrected chi connectivity index (χ1v) is 9.76. The van der Waals surface area contributed by atoms with Crippen LogP contribution < -0.4 is 5.32 Å². The number of rotatable bonds is 9. The van der Waals surface area contributed by atoms with Crippen molar-refractivity contribution in [2.24, 2.45) is 0 Å². The molecule has 2 N–H and O–H groups in total. The first kappa shape index (κ1) is 17.4. The molecule has 0 aromatic carbocycles. The van der Waals surface area contributed by atoms with Gasteiger partial charge in [-0.25, -0.2) is 4.98 Å². The van der Waals surface area contributed by atoms with E-state index in [-0.39, 0.29) is 11.7 Å². The molecule has 1 rings (SSSR count). The number of nitrogens with one attached hydrogen (secondary N) is 1. The van der Waals surface area contributed by atoms with E-state index in [1.165, 1.54) is 11.3 Å². The fraction of sp³-hybridized carbons (Fsp3) is 0.600. The molecule has 0 aliphatic rings. The number of carbonyl (C=O) groups excluding carboxylic acids is 1. The lowest BCUT2D eigenvalue weighted by Gasteiger charge is -2.19. The van der Waals surface area contributed by atoms with Gasteiger partial charge in [-0.2, -0.15) is 8.42 Å². The van der Waals surface area contributed by atoms with Crippen LogP contribution in [0.2, 0.25) is 0 Å². The molecule has 1 amide bonds. The van der Waals surface area contributed by atoms with Crippen LogP contribution in [0.25, 0.3) is 0 Å². The van der Waals surface area contributed by atoms with Gasteiger partial charge in [-0.3, -0.25) is 9.35 Å². The van der Waals surface area contributed by atoms with E-state index >= 15 is 0 Å². The number of anilines is 1. The summed E-state index contributed by atoms with van der Waals surface area (Å²) in [6.45, 7) is 3.65. The third-order valence-corrected chi connectivity index (χ3v) is 5.15. The second-order valence-corrected chi connectivity index (χ2v) is 8.18. The van der Waals surface area contributed by atoms with Gasteiger partial charge in [0.25, 0.3) is 0 Å². The molecule has 0 aliphatic heterocycles. The highest BCUT2D eigenvalue weighted by Crippen LogP contribution is 2.11. The van der Waals surface area contributed by atoms with Crippen molar-refractivity contribution in [2.75, 3.05) is 30.7 Å². The molecule has 7 nitrogen and oxygen atoms in total. The zero-order valence-corrected chi connectivity index (χ0v) is 13.4. The normalized spacial score (nSPS) is 11.8. The topological polar surface area (TPSA) is 99.6 Å². The first-order valence-electron chi connectivity index (χ1n) is 5.94. The van der Waals surface area contributed by atoms with Crippen LogP contribution in [0, 0.1) is 0 Å². The van der Waals surface area contributed by atoms with E-state index in [9.17, 15) is 13.2 Å². The summed E-state index contributed by atoms with van der Waals surface area (Å²) in [4.78, 5) is 17.6. The summed E-state index contributed by atoms with van der Waals surface area (Å²) in [5.41, 5.74) is 0. The maximum Gasteiger partial charge on any atom is 0.319 e. The van der Waals surface area contributed by atoms with Crippen molar-refractivity contribution in [1.29, 1.82) is 0 Å². The molecular formula is C10H17N3O4S3. The monoisotopic (exact) mass is 339 g/mol. The lowest BCUT2D eigenvalue weighted by atomic mass is 10.3. The summed E-state index contributed by atoms with van der Waals surface area (Å²) >= 11 is 1.35. The molecule has 10 heteroatoms. The van der Waals surface area contributed by atoms with Gasteiger partial charge < -0.3 is 10.2 Å². The number of hydrogen-bond acceptors (Lipinski definition) is 7. The van der Waals surface area contributed by atoms with E-state index < -0.39 is 9.15 Å². The summed E-state index contributed by atoms with van der Waals surface area (Å²) in [6.07, 6.45) is 1.93.